The van der Waals surface area contributed by atoms with Gasteiger partial charge in [-0.25, -0.2) is 4.98 Å². The van der Waals surface area contributed by atoms with Gasteiger partial charge in [0, 0.05) is 18.0 Å². The van der Waals surface area contributed by atoms with Crippen molar-refractivity contribution in [2.75, 3.05) is 0 Å². The number of aryl methyl sites for hydroxylation is 1. The number of fused-ring (bicyclic) bond motifs is 1. The average molecular weight is 296 g/mol. The van der Waals surface area contributed by atoms with Crippen LogP contribution in [0.25, 0.3) is 11.0 Å². The summed E-state index contributed by atoms with van der Waals surface area (Å²) in [6.07, 6.45) is 0.727. The first kappa shape index (κ1) is 13.7. The maximum absolute atomic E-state index is 9.00. The van der Waals surface area contributed by atoms with Gasteiger partial charge in [0.2, 0.25) is 0 Å². The van der Waals surface area contributed by atoms with Crippen molar-refractivity contribution in [1.82, 2.24) is 9.55 Å². The smallest absolute Gasteiger partial charge is 0.114 e. The number of benzene rings is 2. The predicted molar refractivity (Wildman–Crippen MR) is 84.4 cm³/mol. The van der Waals surface area contributed by atoms with Gasteiger partial charge in [0.05, 0.1) is 22.7 Å². The number of nitrogens with zero attached hydrogens (tertiary/aromatic N) is 3. The van der Waals surface area contributed by atoms with Crippen LogP contribution in [0.4, 0.5) is 0 Å². The number of rotatable bonds is 3. The Morgan fingerprint density at radius 3 is 2.81 bits per heavy atom. The third-order valence-corrected chi connectivity index (χ3v) is 3.76. The molecule has 4 heteroatoms. The lowest BCUT2D eigenvalue weighted by Crippen LogP contribution is -2.02. The first-order valence-electron chi connectivity index (χ1n) is 6.85. The molecule has 3 aromatic rings. The van der Waals surface area contributed by atoms with Crippen LogP contribution in [0.5, 0.6) is 0 Å². The standard InChI is InChI=1S/C17H14ClN3/c1-2-21-16-7-6-13(11-19)9-15(16)20-17(21)10-12-4-3-5-14(18)8-12/h3-9H,2,10H2,1H3. The molecule has 0 unspecified atom stereocenters. The van der Waals surface area contributed by atoms with Crippen molar-refractivity contribution in [2.24, 2.45) is 0 Å². The fourth-order valence-electron chi connectivity index (χ4n) is 2.57. The highest BCUT2D eigenvalue weighted by atomic mass is 35.5. The van der Waals surface area contributed by atoms with E-state index in [1.165, 1.54) is 0 Å². The van der Waals surface area contributed by atoms with Crippen LogP contribution in [-0.2, 0) is 13.0 Å². The second-order valence-corrected chi connectivity index (χ2v) is 5.33. The van der Waals surface area contributed by atoms with Crippen molar-refractivity contribution in [3.63, 3.8) is 0 Å². The summed E-state index contributed by atoms with van der Waals surface area (Å²) < 4.78 is 2.18. The van der Waals surface area contributed by atoms with Gasteiger partial charge in [0.1, 0.15) is 5.82 Å². The molecule has 3 rings (SSSR count). The van der Waals surface area contributed by atoms with Gasteiger partial charge in [0.15, 0.2) is 0 Å². The molecule has 0 fully saturated rings. The van der Waals surface area contributed by atoms with Crippen molar-refractivity contribution in [3.8, 4) is 6.07 Å². The lowest BCUT2D eigenvalue weighted by atomic mass is 10.1. The summed E-state index contributed by atoms with van der Waals surface area (Å²) in [6, 6.07) is 15.6. The van der Waals surface area contributed by atoms with Crippen LogP contribution in [-0.4, -0.2) is 9.55 Å². The molecule has 2 aromatic carbocycles. The third kappa shape index (κ3) is 2.63. The highest BCUT2D eigenvalue weighted by Crippen LogP contribution is 2.21. The summed E-state index contributed by atoms with van der Waals surface area (Å²) in [7, 11) is 0. The Morgan fingerprint density at radius 2 is 2.10 bits per heavy atom. The summed E-state index contributed by atoms with van der Waals surface area (Å²) >= 11 is 6.04. The Balaban J connectivity index is 2.07. The van der Waals surface area contributed by atoms with Crippen LogP contribution in [0.15, 0.2) is 42.5 Å². The largest absolute Gasteiger partial charge is 0.328 e. The molecule has 0 spiro atoms. The first-order chi connectivity index (χ1) is 10.2. The van der Waals surface area contributed by atoms with Gasteiger partial charge in [-0.05, 0) is 42.8 Å². The van der Waals surface area contributed by atoms with E-state index < -0.39 is 0 Å². The number of hydrogen-bond acceptors (Lipinski definition) is 2. The monoisotopic (exact) mass is 295 g/mol. The van der Waals surface area contributed by atoms with E-state index in [-0.39, 0.29) is 0 Å². The van der Waals surface area contributed by atoms with E-state index in [9.17, 15) is 0 Å². The van der Waals surface area contributed by atoms with Gasteiger partial charge >= 0.3 is 0 Å². The van der Waals surface area contributed by atoms with E-state index in [1.807, 2.05) is 42.5 Å². The van der Waals surface area contributed by atoms with Crippen molar-refractivity contribution in [2.45, 2.75) is 19.9 Å². The summed E-state index contributed by atoms with van der Waals surface area (Å²) in [5.41, 5.74) is 3.70. The molecule has 1 aromatic heterocycles. The Labute approximate surface area is 128 Å². The molecule has 0 amide bonds. The van der Waals surface area contributed by atoms with Crippen molar-refractivity contribution in [1.29, 1.82) is 5.26 Å². The Bertz CT molecular complexity index is 843. The second-order valence-electron chi connectivity index (χ2n) is 4.89. The first-order valence-corrected chi connectivity index (χ1v) is 7.22. The molecular formula is C17H14ClN3. The van der Waals surface area contributed by atoms with Crippen LogP contribution in [0, 0.1) is 11.3 Å². The number of aromatic nitrogens is 2. The topological polar surface area (TPSA) is 41.6 Å². The third-order valence-electron chi connectivity index (χ3n) is 3.52. The highest BCUT2D eigenvalue weighted by molar-refractivity contribution is 6.30. The van der Waals surface area contributed by atoms with E-state index >= 15 is 0 Å². The van der Waals surface area contributed by atoms with Crippen molar-refractivity contribution in [3.05, 3.63) is 64.4 Å². The second kappa shape index (κ2) is 5.59. The normalized spacial score (nSPS) is 10.7. The molecule has 0 atom stereocenters. The maximum Gasteiger partial charge on any atom is 0.114 e. The van der Waals surface area contributed by atoms with E-state index in [2.05, 4.69) is 22.5 Å². The molecule has 104 valence electrons. The molecule has 3 nitrogen and oxygen atoms in total. The minimum absolute atomic E-state index is 0.637. The number of imidazole rings is 1. The Morgan fingerprint density at radius 1 is 1.24 bits per heavy atom. The van der Waals surface area contributed by atoms with Crippen LogP contribution in [0.3, 0.4) is 0 Å². The number of nitriles is 1. The summed E-state index contributed by atoms with van der Waals surface area (Å²) in [4.78, 5) is 4.69. The fraction of sp³-hybridized carbons (Fsp3) is 0.176. The molecule has 0 aliphatic rings. The Hall–Kier alpha value is -2.31. The zero-order valence-corrected chi connectivity index (χ0v) is 12.4. The van der Waals surface area contributed by atoms with E-state index in [0.717, 1.165) is 40.4 Å². The molecule has 0 aliphatic carbocycles. The molecule has 0 saturated carbocycles. The minimum atomic E-state index is 0.637. The van der Waals surface area contributed by atoms with E-state index in [0.29, 0.717) is 5.56 Å². The minimum Gasteiger partial charge on any atom is -0.328 e. The molecule has 21 heavy (non-hydrogen) atoms. The zero-order valence-electron chi connectivity index (χ0n) is 11.7. The average Bonchev–Trinajstić information content (AvgIpc) is 2.83. The fourth-order valence-corrected chi connectivity index (χ4v) is 2.78. The van der Waals surface area contributed by atoms with Crippen molar-refractivity contribution >= 4 is 22.6 Å². The SMILES string of the molecule is CCn1c(Cc2cccc(Cl)c2)nc2cc(C#N)ccc21. The quantitative estimate of drug-likeness (QED) is 0.727. The lowest BCUT2D eigenvalue weighted by molar-refractivity contribution is 0.733. The molecular weight excluding hydrogens is 282 g/mol. The predicted octanol–water partition coefficient (Wildman–Crippen LogP) is 4.17. The van der Waals surface area contributed by atoms with E-state index in [1.54, 1.807) is 0 Å². The summed E-state index contributed by atoms with van der Waals surface area (Å²) in [6.45, 7) is 2.94. The van der Waals surface area contributed by atoms with Crippen LogP contribution in [0.1, 0.15) is 23.9 Å². The molecule has 0 N–H and O–H groups in total. The van der Waals surface area contributed by atoms with E-state index in [4.69, 9.17) is 16.9 Å². The van der Waals surface area contributed by atoms with Gasteiger partial charge in [-0.1, -0.05) is 23.7 Å². The lowest BCUT2D eigenvalue weighted by Gasteiger charge is -2.06. The molecule has 0 bridgehead atoms. The van der Waals surface area contributed by atoms with Crippen molar-refractivity contribution < 1.29 is 0 Å². The zero-order chi connectivity index (χ0) is 14.8. The number of halogens is 1. The molecule has 0 saturated heterocycles. The number of hydrogen-bond donors (Lipinski definition) is 0. The summed E-state index contributed by atoms with van der Waals surface area (Å²) in [5, 5.41) is 9.73. The van der Waals surface area contributed by atoms with Crippen LogP contribution < -0.4 is 0 Å². The Kier molecular flexibility index (Phi) is 3.64. The van der Waals surface area contributed by atoms with Crippen LogP contribution >= 0.6 is 11.6 Å². The molecule has 0 aliphatic heterocycles. The van der Waals surface area contributed by atoms with Gasteiger partial charge in [-0.3, -0.25) is 0 Å². The highest BCUT2D eigenvalue weighted by Gasteiger charge is 2.11. The van der Waals surface area contributed by atoms with Gasteiger partial charge in [-0.2, -0.15) is 5.26 Å². The van der Waals surface area contributed by atoms with Gasteiger partial charge in [-0.15, -0.1) is 0 Å². The van der Waals surface area contributed by atoms with Crippen LogP contribution in [0.2, 0.25) is 5.02 Å². The maximum atomic E-state index is 9.00. The summed E-state index contributed by atoms with van der Waals surface area (Å²) in [5.74, 6) is 0.991. The molecule has 0 radical (unpaired) electrons. The molecule has 1 heterocycles. The van der Waals surface area contributed by atoms with Gasteiger partial charge < -0.3 is 4.57 Å². The van der Waals surface area contributed by atoms with Gasteiger partial charge in [0.25, 0.3) is 0 Å².